The zero-order valence-electron chi connectivity index (χ0n) is 20.0. The van der Waals surface area contributed by atoms with Crippen LogP contribution in [0.5, 0.6) is 11.5 Å². The SMILES string of the molecule is CCOc1ccc(C2/C(=C(/O)c3ccc(Cl)cc3)C(=O)C(=O)N2CCCN(C)C)cc1OCC. The number of rotatable bonds is 10. The van der Waals surface area contributed by atoms with Gasteiger partial charge in [-0.05, 0) is 82.9 Å². The number of aliphatic hydroxyl groups excluding tert-OH is 1. The zero-order valence-corrected chi connectivity index (χ0v) is 20.8. The number of Topliss-reactive ketones (excluding diaryl/α,β-unsaturated/α-hetero) is 1. The fourth-order valence-electron chi connectivity index (χ4n) is 4.02. The molecule has 0 aliphatic carbocycles. The number of benzene rings is 2. The molecule has 8 heteroatoms. The molecular formula is C26H31ClN2O5. The molecule has 0 bridgehead atoms. The molecule has 3 rings (SSSR count). The van der Waals surface area contributed by atoms with E-state index < -0.39 is 17.7 Å². The molecule has 1 fully saturated rings. The first-order valence-corrected chi connectivity index (χ1v) is 11.7. The highest BCUT2D eigenvalue weighted by molar-refractivity contribution is 6.46. The van der Waals surface area contributed by atoms with Gasteiger partial charge in [0.15, 0.2) is 11.5 Å². The standard InChI is InChI=1S/C26H31ClN2O5/c1-5-33-20-13-10-18(16-21(20)34-6-2)23-22(24(30)17-8-11-19(27)12-9-17)25(31)26(32)29(23)15-7-14-28(3)4/h8-13,16,23,30H,5-7,14-15H2,1-4H3/b24-22-. The van der Waals surface area contributed by atoms with Crippen molar-refractivity contribution in [1.29, 1.82) is 0 Å². The lowest BCUT2D eigenvalue weighted by molar-refractivity contribution is -0.139. The Labute approximate surface area is 205 Å². The average Bonchev–Trinajstić information content (AvgIpc) is 3.05. The first-order valence-electron chi connectivity index (χ1n) is 11.4. The van der Waals surface area contributed by atoms with Gasteiger partial charge in [-0.25, -0.2) is 0 Å². The second kappa shape index (κ2) is 11.4. The first kappa shape index (κ1) is 25.6. The predicted molar refractivity (Wildman–Crippen MR) is 132 cm³/mol. The van der Waals surface area contributed by atoms with E-state index in [-0.39, 0.29) is 11.3 Å². The third-order valence-corrected chi connectivity index (χ3v) is 5.80. The monoisotopic (exact) mass is 486 g/mol. The van der Waals surface area contributed by atoms with E-state index in [4.69, 9.17) is 21.1 Å². The second-order valence-corrected chi connectivity index (χ2v) is 8.66. The third kappa shape index (κ3) is 5.54. The highest BCUT2D eigenvalue weighted by atomic mass is 35.5. The number of halogens is 1. The van der Waals surface area contributed by atoms with Crippen LogP contribution in [0.1, 0.15) is 37.4 Å². The highest BCUT2D eigenvalue weighted by Gasteiger charge is 2.46. The normalized spacial score (nSPS) is 17.5. The molecule has 34 heavy (non-hydrogen) atoms. The van der Waals surface area contributed by atoms with Gasteiger partial charge in [-0.15, -0.1) is 0 Å². The van der Waals surface area contributed by atoms with Gasteiger partial charge in [0.05, 0.1) is 24.8 Å². The maximum absolute atomic E-state index is 13.2. The Bertz CT molecular complexity index is 1070. The molecule has 0 radical (unpaired) electrons. The van der Waals surface area contributed by atoms with Crippen molar-refractivity contribution in [3.05, 3.63) is 64.2 Å². The Hall–Kier alpha value is -3.03. The van der Waals surface area contributed by atoms with Gasteiger partial charge in [0.1, 0.15) is 5.76 Å². The molecule has 1 N–H and O–H groups in total. The van der Waals surface area contributed by atoms with Crippen LogP contribution in [0.2, 0.25) is 5.02 Å². The van der Waals surface area contributed by atoms with Crippen LogP contribution < -0.4 is 9.47 Å². The Balaban J connectivity index is 2.13. The molecule has 0 saturated carbocycles. The van der Waals surface area contributed by atoms with Crippen LogP contribution in [0.15, 0.2) is 48.0 Å². The van der Waals surface area contributed by atoms with Crippen molar-refractivity contribution in [1.82, 2.24) is 9.80 Å². The number of amides is 1. The molecule has 7 nitrogen and oxygen atoms in total. The van der Waals surface area contributed by atoms with E-state index in [0.29, 0.717) is 53.8 Å². The zero-order chi connectivity index (χ0) is 24.8. The summed E-state index contributed by atoms with van der Waals surface area (Å²) in [4.78, 5) is 29.8. The van der Waals surface area contributed by atoms with Gasteiger partial charge in [0, 0.05) is 17.1 Å². The summed E-state index contributed by atoms with van der Waals surface area (Å²) in [5.74, 6) is -0.482. The van der Waals surface area contributed by atoms with E-state index in [1.165, 1.54) is 4.90 Å². The summed E-state index contributed by atoms with van der Waals surface area (Å²) in [7, 11) is 3.90. The summed E-state index contributed by atoms with van der Waals surface area (Å²) in [6.45, 7) is 5.77. The van der Waals surface area contributed by atoms with Crippen molar-refractivity contribution in [2.75, 3.05) is 40.4 Å². The minimum atomic E-state index is -0.757. The average molecular weight is 487 g/mol. The molecule has 182 valence electrons. The van der Waals surface area contributed by atoms with E-state index in [2.05, 4.69) is 0 Å². The lowest BCUT2D eigenvalue weighted by atomic mass is 9.95. The van der Waals surface area contributed by atoms with Crippen molar-refractivity contribution < 1.29 is 24.2 Å². The van der Waals surface area contributed by atoms with Gasteiger partial charge in [-0.2, -0.15) is 0 Å². The summed E-state index contributed by atoms with van der Waals surface area (Å²) in [5.41, 5.74) is 1.12. The lowest BCUT2D eigenvalue weighted by Crippen LogP contribution is -2.32. The first-order chi connectivity index (χ1) is 16.3. The van der Waals surface area contributed by atoms with Gasteiger partial charge in [-0.1, -0.05) is 17.7 Å². The number of ether oxygens (including phenoxy) is 2. The van der Waals surface area contributed by atoms with Gasteiger partial charge in [0.2, 0.25) is 0 Å². The van der Waals surface area contributed by atoms with E-state index in [1.54, 1.807) is 42.5 Å². The molecule has 1 heterocycles. The summed E-state index contributed by atoms with van der Waals surface area (Å²) < 4.78 is 11.4. The molecule has 1 amide bonds. The number of hydrogen-bond donors (Lipinski definition) is 1. The minimum absolute atomic E-state index is 0.0452. The van der Waals surface area contributed by atoms with Crippen LogP contribution in [0.3, 0.4) is 0 Å². The van der Waals surface area contributed by atoms with Crippen molar-refractivity contribution in [3.8, 4) is 11.5 Å². The summed E-state index contributed by atoms with van der Waals surface area (Å²) in [6.07, 6.45) is 0.673. The van der Waals surface area contributed by atoms with Gasteiger partial charge in [0.25, 0.3) is 11.7 Å². The molecule has 1 atom stereocenters. The maximum Gasteiger partial charge on any atom is 0.295 e. The number of likely N-dealkylation sites (tertiary alicyclic amines) is 1. The molecule has 1 aliphatic rings. The fraction of sp³-hybridized carbons (Fsp3) is 0.385. The number of nitrogens with zero attached hydrogens (tertiary/aromatic N) is 2. The van der Waals surface area contributed by atoms with Crippen molar-refractivity contribution >= 4 is 29.1 Å². The smallest absolute Gasteiger partial charge is 0.295 e. The number of ketones is 1. The van der Waals surface area contributed by atoms with Crippen LogP contribution in [0.25, 0.3) is 5.76 Å². The van der Waals surface area contributed by atoms with E-state index in [0.717, 1.165) is 6.54 Å². The van der Waals surface area contributed by atoms with Gasteiger partial charge >= 0.3 is 0 Å². The molecule has 1 saturated heterocycles. The van der Waals surface area contributed by atoms with Crippen molar-refractivity contribution in [3.63, 3.8) is 0 Å². The number of carbonyl (C=O) groups excluding carboxylic acids is 2. The summed E-state index contributed by atoms with van der Waals surface area (Å²) in [6, 6.07) is 11.1. The second-order valence-electron chi connectivity index (χ2n) is 8.23. The Morgan fingerprint density at radius 2 is 1.68 bits per heavy atom. The highest BCUT2D eigenvalue weighted by Crippen LogP contribution is 2.42. The molecule has 1 unspecified atom stereocenters. The molecule has 2 aromatic carbocycles. The number of carbonyl (C=O) groups is 2. The largest absolute Gasteiger partial charge is 0.507 e. The summed E-state index contributed by atoms with van der Waals surface area (Å²) >= 11 is 5.99. The lowest BCUT2D eigenvalue weighted by Gasteiger charge is -2.26. The number of hydrogen-bond acceptors (Lipinski definition) is 6. The Morgan fingerprint density at radius 1 is 1.03 bits per heavy atom. The minimum Gasteiger partial charge on any atom is -0.507 e. The quantitative estimate of drug-likeness (QED) is 0.302. The molecule has 0 spiro atoms. The molecule has 0 aromatic heterocycles. The van der Waals surface area contributed by atoms with Crippen LogP contribution in [0.4, 0.5) is 0 Å². The van der Waals surface area contributed by atoms with Crippen LogP contribution in [0, 0.1) is 0 Å². The van der Waals surface area contributed by atoms with Crippen molar-refractivity contribution in [2.24, 2.45) is 0 Å². The third-order valence-electron chi connectivity index (χ3n) is 5.55. The van der Waals surface area contributed by atoms with Crippen molar-refractivity contribution in [2.45, 2.75) is 26.3 Å². The van der Waals surface area contributed by atoms with Crippen LogP contribution in [-0.4, -0.2) is 67.0 Å². The fourth-order valence-corrected chi connectivity index (χ4v) is 4.14. The topological polar surface area (TPSA) is 79.3 Å². The molecule has 2 aromatic rings. The Morgan fingerprint density at radius 3 is 2.29 bits per heavy atom. The maximum atomic E-state index is 13.2. The van der Waals surface area contributed by atoms with E-state index in [9.17, 15) is 14.7 Å². The van der Waals surface area contributed by atoms with Gasteiger partial charge in [-0.3, -0.25) is 9.59 Å². The Kier molecular flexibility index (Phi) is 8.58. The predicted octanol–water partition coefficient (Wildman–Crippen LogP) is 4.51. The van der Waals surface area contributed by atoms with E-state index in [1.807, 2.05) is 32.8 Å². The van der Waals surface area contributed by atoms with E-state index >= 15 is 0 Å². The molecular weight excluding hydrogens is 456 g/mol. The van der Waals surface area contributed by atoms with Gasteiger partial charge < -0.3 is 24.4 Å². The van der Waals surface area contributed by atoms with Crippen LogP contribution in [-0.2, 0) is 9.59 Å². The number of aliphatic hydroxyl groups is 1. The molecule has 1 aliphatic heterocycles. The van der Waals surface area contributed by atoms with Crippen LogP contribution >= 0.6 is 11.6 Å². The summed E-state index contributed by atoms with van der Waals surface area (Å²) in [5, 5.41) is 11.7.